The second-order valence-electron chi connectivity index (χ2n) is 4.14. The first kappa shape index (κ1) is 13.3. The second kappa shape index (κ2) is 5.24. The lowest BCUT2D eigenvalue weighted by Gasteiger charge is -2.27. The highest BCUT2D eigenvalue weighted by atomic mass is 35.5. The highest BCUT2D eigenvalue weighted by Crippen LogP contribution is 2.27. The smallest absolute Gasteiger partial charge is 0.250 e. The van der Waals surface area contributed by atoms with E-state index < -0.39 is 16.1 Å². The van der Waals surface area contributed by atoms with Crippen molar-refractivity contribution in [2.45, 2.75) is 42.0 Å². The first-order valence-corrected chi connectivity index (χ1v) is 8.12. The Balaban J connectivity index is 2.11. The molecule has 1 aromatic heterocycles. The molecule has 1 saturated carbocycles. The van der Waals surface area contributed by atoms with Crippen LogP contribution < -0.4 is 4.72 Å². The molecule has 0 unspecified atom stereocenters. The average Bonchev–Trinajstić information content (AvgIpc) is 2.69. The fourth-order valence-electron chi connectivity index (χ4n) is 1.95. The van der Waals surface area contributed by atoms with Gasteiger partial charge in [-0.1, -0.05) is 24.4 Å². The van der Waals surface area contributed by atoms with Gasteiger partial charge in [0.1, 0.15) is 4.21 Å². The molecule has 0 aromatic carbocycles. The Morgan fingerprint density at radius 3 is 2.65 bits per heavy atom. The van der Waals surface area contributed by atoms with Crippen molar-refractivity contribution in [3.8, 4) is 0 Å². The normalized spacial score (nSPS) is 26.0. The third-order valence-electron chi connectivity index (χ3n) is 2.85. The fourth-order valence-corrected chi connectivity index (χ4v) is 4.75. The van der Waals surface area contributed by atoms with E-state index in [4.69, 9.17) is 11.6 Å². The third-order valence-corrected chi connectivity index (χ3v) is 6.06. The predicted octanol–water partition coefficient (Wildman–Crippen LogP) is 1.98. The SMILES string of the molecule is O=S(=O)(N[C@H]1CCCC[C@@H]1O)c1ccc(Cl)s1. The van der Waals surface area contributed by atoms with Gasteiger partial charge in [-0.3, -0.25) is 0 Å². The van der Waals surface area contributed by atoms with Crippen LogP contribution in [0, 0.1) is 0 Å². The van der Waals surface area contributed by atoms with Gasteiger partial charge in [-0.2, -0.15) is 0 Å². The van der Waals surface area contributed by atoms with Crippen molar-refractivity contribution in [1.82, 2.24) is 4.72 Å². The molecule has 0 radical (unpaired) electrons. The summed E-state index contributed by atoms with van der Waals surface area (Å²) >= 11 is 6.73. The van der Waals surface area contributed by atoms with Gasteiger partial charge in [0, 0.05) is 6.04 Å². The molecule has 0 amide bonds. The van der Waals surface area contributed by atoms with Gasteiger partial charge in [-0.15, -0.1) is 11.3 Å². The minimum Gasteiger partial charge on any atom is -0.391 e. The standard InChI is InChI=1S/C10H14ClNO3S2/c11-9-5-6-10(16-9)17(14,15)12-7-3-1-2-4-8(7)13/h5-8,12-13H,1-4H2/t7-,8-/m0/s1. The lowest BCUT2D eigenvalue weighted by atomic mass is 9.93. The minimum atomic E-state index is -3.55. The van der Waals surface area contributed by atoms with Crippen molar-refractivity contribution >= 4 is 33.0 Å². The number of aliphatic hydroxyl groups is 1. The van der Waals surface area contributed by atoms with Crippen LogP contribution >= 0.6 is 22.9 Å². The molecule has 1 heterocycles. The van der Waals surface area contributed by atoms with Gasteiger partial charge in [0.15, 0.2) is 0 Å². The maximum absolute atomic E-state index is 12.0. The van der Waals surface area contributed by atoms with E-state index in [0.717, 1.165) is 24.2 Å². The highest BCUT2D eigenvalue weighted by molar-refractivity contribution is 7.91. The molecule has 1 aliphatic carbocycles. The van der Waals surface area contributed by atoms with Crippen LogP contribution in [-0.2, 0) is 10.0 Å². The molecule has 96 valence electrons. The predicted molar refractivity (Wildman–Crippen MR) is 67.9 cm³/mol. The molecule has 2 rings (SSSR count). The molecule has 0 saturated heterocycles. The number of sulfonamides is 1. The summed E-state index contributed by atoms with van der Waals surface area (Å²) < 4.78 is 27.2. The Morgan fingerprint density at radius 2 is 2.06 bits per heavy atom. The molecule has 0 bridgehead atoms. The quantitative estimate of drug-likeness (QED) is 0.896. The molecule has 1 aromatic rings. The van der Waals surface area contributed by atoms with Gasteiger partial charge in [0.25, 0.3) is 0 Å². The summed E-state index contributed by atoms with van der Waals surface area (Å²) in [5.74, 6) is 0. The Hall–Kier alpha value is -0.140. The lowest BCUT2D eigenvalue weighted by molar-refractivity contribution is 0.101. The third kappa shape index (κ3) is 3.20. The van der Waals surface area contributed by atoms with E-state index in [1.165, 1.54) is 6.07 Å². The maximum Gasteiger partial charge on any atom is 0.250 e. The van der Waals surface area contributed by atoms with E-state index in [0.29, 0.717) is 17.2 Å². The molecule has 1 aliphatic rings. The Kier molecular flexibility index (Phi) is 4.10. The van der Waals surface area contributed by atoms with Crippen LogP contribution in [0.2, 0.25) is 4.34 Å². The second-order valence-corrected chi connectivity index (χ2v) is 7.79. The summed E-state index contributed by atoms with van der Waals surface area (Å²) in [4.78, 5) is 0. The van der Waals surface area contributed by atoms with Crippen LogP contribution in [0.3, 0.4) is 0 Å². The zero-order valence-corrected chi connectivity index (χ0v) is 11.5. The van der Waals surface area contributed by atoms with Gasteiger partial charge in [0.05, 0.1) is 10.4 Å². The summed E-state index contributed by atoms with van der Waals surface area (Å²) in [6.07, 6.45) is 2.63. The maximum atomic E-state index is 12.0. The number of nitrogens with one attached hydrogen (secondary N) is 1. The Labute approximate surface area is 110 Å². The number of thiophene rings is 1. The van der Waals surface area contributed by atoms with Gasteiger partial charge < -0.3 is 5.11 Å². The number of halogens is 1. The number of hydrogen-bond donors (Lipinski definition) is 2. The van der Waals surface area contributed by atoms with Crippen LogP contribution in [0.25, 0.3) is 0 Å². The van der Waals surface area contributed by atoms with Gasteiger partial charge >= 0.3 is 0 Å². The molecule has 1 fully saturated rings. The molecule has 0 spiro atoms. The van der Waals surface area contributed by atoms with Crippen LogP contribution in [0.5, 0.6) is 0 Å². The molecule has 7 heteroatoms. The van der Waals surface area contributed by atoms with E-state index in [2.05, 4.69) is 4.72 Å². The minimum absolute atomic E-state index is 0.195. The van der Waals surface area contributed by atoms with E-state index in [1.54, 1.807) is 6.07 Å². The summed E-state index contributed by atoms with van der Waals surface area (Å²) in [5, 5.41) is 9.73. The van der Waals surface area contributed by atoms with E-state index in [1.807, 2.05) is 0 Å². The Morgan fingerprint density at radius 1 is 1.35 bits per heavy atom. The van der Waals surface area contributed by atoms with Crippen molar-refractivity contribution in [2.24, 2.45) is 0 Å². The molecule has 2 atom stereocenters. The van der Waals surface area contributed by atoms with Crippen LogP contribution in [0.1, 0.15) is 25.7 Å². The highest BCUT2D eigenvalue weighted by Gasteiger charge is 2.28. The van der Waals surface area contributed by atoms with Gasteiger partial charge in [-0.25, -0.2) is 13.1 Å². The number of hydrogen-bond acceptors (Lipinski definition) is 4. The molecular weight excluding hydrogens is 282 g/mol. The molecule has 4 nitrogen and oxygen atoms in total. The van der Waals surface area contributed by atoms with E-state index >= 15 is 0 Å². The lowest BCUT2D eigenvalue weighted by Crippen LogP contribution is -2.44. The van der Waals surface area contributed by atoms with Crippen LogP contribution in [0.15, 0.2) is 16.3 Å². The first-order chi connectivity index (χ1) is 7.99. The number of aliphatic hydroxyl groups excluding tert-OH is 1. The fraction of sp³-hybridized carbons (Fsp3) is 0.600. The van der Waals surface area contributed by atoms with Gasteiger partial charge in [-0.05, 0) is 25.0 Å². The summed E-state index contributed by atoms with van der Waals surface area (Å²) in [6.45, 7) is 0. The van der Waals surface area contributed by atoms with Crippen LogP contribution in [0.4, 0.5) is 0 Å². The molecule has 17 heavy (non-hydrogen) atoms. The summed E-state index contributed by atoms with van der Waals surface area (Å²) in [7, 11) is -3.55. The Bertz CT molecular complexity index is 485. The monoisotopic (exact) mass is 295 g/mol. The topological polar surface area (TPSA) is 66.4 Å². The van der Waals surface area contributed by atoms with Crippen molar-refractivity contribution < 1.29 is 13.5 Å². The average molecular weight is 296 g/mol. The zero-order chi connectivity index (χ0) is 12.5. The van der Waals surface area contributed by atoms with Crippen molar-refractivity contribution in [1.29, 1.82) is 0 Å². The van der Waals surface area contributed by atoms with Crippen LogP contribution in [-0.4, -0.2) is 25.7 Å². The number of rotatable bonds is 3. The van der Waals surface area contributed by atoms with Crippen molar-refractivity contribution in [3.05, 3.63) is 16.5 Å². The van der Waals surface area contributed by atoms with Crippen molar-refractivity contribution in [2.75, 3.05) is 0 Å². The zero-order valence-electron chi connectivity index (χ0n) is 9.10. The molecule has 2 N–H and O–H groups in total. The first-order valence-electron chi connectivity index (χ1n) is 5.45. The molecule has 0 aliphatic heterocycles. The van der Waals surface area contributed by atoms with E-state index in [9.17, 15) is 13.5 Å². The summed E-state index contributed by atoms with van der Waals surface area (Å²) in [5.41, 5.74) is 0. The largest absolute Gasteiger partial charge is 0.391 e. The van der Waals surface area contributed by atoms with Crippen molar-refractivity contribution in [3.63, 3.8) is 0 Å². The molecular formula is C10H14ClNO3S2. The summed E-state index contributed by atoms with van der Waals surface area (Å²) in [6, 6.07) is 2.65. The van der Waals surface area contributed by atoms with E-state index in [-0.39, 0.29) is 10.3 Å². The van der Waals surface area contributed by atoms with Gasteiger partial charge in [0.2, 0.25) is 10.0 Å².